The van der Waals surface area contributed by atoms with Crippen LogP contribution in [0.3, 0.4) is 0 Å². The lowest BCUT2D eigenvalue weighted by atomic mass is 9.97. The third-order valence-electron chi connectivity index (χ3n) is 4.83. The van der Waals surface area contributed by atoms with Crippen LogP contribution in [0.5, 0.6) is 0 Å². The number of nitrogens with zero attached hydrogens (tertiary/aromatic N) is 1. The Morgan fingerprint density at radius 2 is 1.57 bits per heavy atom. The van der Waals surface area contributed by atoms with Crippen molar-refractivity contribution in [2.45, 2.75) is 31.6 Å². The largest absolute Gasteiger partial charge is 0.326 e. The summed E-state index contributed by atoms with van der Waals surface area (Å²) in [5.74, 6) is -0.327. The fraction of sp³-hybridized carbons (Fsp3) is 0.350. The van der Waals surface area contributed by atoms with Gasteiger partial charge in [0.2, 0.25) is 15.9 Å². The van der Waals surface area contributed by atoms with Gasteiger partial charge in [0.1, 0.15) is 4.90 Å². The van der Waals surface area contributed by atoms with Crippen molar-refractivity contribution in [2.24, 2.45) is 5.92 Å². The van der Waals surface area contributed by atoms with Crippen molar-refractivity contribution < 1.29 is 13.2 Å². The van der Waals surface area contributed by atoms with Gasteiger partial charge in [0.15, 0.2) is 0 Å². The molecule has 1 N–H and O–H groups in total. The third kappa shape index (κ3) is 4.51. The number of halogens is 2. The van der Waals surface area contributed by atoms with Crippen molar-refractivity contribution in [3.63, 3.8) is 0 Å². The molecular weight excluding hydrogens is 419 g/mol. The minimum absolute atomic E-state index is 0.0727. The van der Waals surface area contributed by atoms with E-state index in [1.807, 2.05) is 32.0 Å². The quantitative estimate of drug-likeness (QED) is 0.751. The number of carbonyl (C=O) groups excluding carboxylic acids is 1. The van der Waals surface area contributed by atoms with E-state index in [9.17, 15) is 13.2 Å². The number of anilines is 1. The fourth-order valence-corrected chi connectivity index (χ4v) is 6.07. The highest BCUT2D eigenvalue weighted by Crippen LogP contribution is 2.33. The minimum atomic E-state index is -3.80. The van der Waals surface area contributed by atoms with Gasteiger partial charge in [0.25, 0.3) is 0 Å². The van der Waals surface area contributed by atoms with Gasteiger partial charge in [-0.25, -0.2) is 8.42 Å². The number of aryl methyl sites for hydroxylation is 2. The van der Waals surface area contributed by atoms with Crippen LogP contribution in [0.15, 0.2) is 41.3 Å². The van der Waals surface area contributed by atoms with Gasteiger partial charge < -0.3 is 5.32 Å². The number of rotatable bonds is 4. The number of hydrogen-bond acceptors (Lipinski definition) is 3. The Bertz CT molecular complexity index is 960. The van der Waals surface area contributed by atoms with Gasteiger partial charge in [0.05, 0.1) is 10.0 Å². The Labute approximate surface area is 175 Å². The van der Waals surface area contributed by atoms with E-state index in [-0.39, 0.29) is 39.9 Å². The average Bonchev–Trinajstić information content (AvgIpc) is 2.60. The zero-order valence-corrected chi connectivity index (χ0v) is 18.0. The number of amides is 1. The first-order chi connectivity index (χ1) is 13.2. The second-order valence-electron chi connectivity index (χ2n) is 7.09. The van der Waals surface area contributed by atoms with Crippen molar-refractivity contribution in [3.8, 4) is 0 Å². The molecule has 0 atom stereocenters. The van der Waals surface area contributed by atoms with Gasteiger partial charge >= 0.3 is 0 Å². The van der Waals surface area contributed by atoms with E-state index in [0.29, 0.717) is 12.8 Å². The molecule has 28 heavy (non-hydrogen) atoms. The second-order valence-corrected chi connectivity index (χ2v) is 9.78. The lowest BCUT2D eigenvalue weighted by Crippen LogP contribution is -2.41. The Hall–Kier alpha value is -1.60. The molecule has 1 aliphatic rings. The molecule has 0 aliphatic carbocycles. The zero-order chi connectivity index (χ0) is 20.5. The number of sulfonamides is 1. The first-order valence-corrected chi connectivity index (χ1v) is 11.2. The molecule has 1 amide bonds. The van der Waals surface area contributed by atoms with Crippen LogP contribution >= 0.6 is 23.2 Å². The average molecular weight is 441 g/mol. The predicted octanol–water partition coefficient (Wildman–Crippen LogP) is 4.65. The molecule has 0 spiro atoms. The SMILES string of the molecule is Cc1cc(C)cc(NC(=O)C2CCN(S(=O)(=O)c3c(Cl)cccc3Cl)CC2)c1. The maximum Gasteiger partial charge on any atom is 0.246 e. The van der Waals surface area contributed by atoms with Gasteiger partial charge in [-0.3, -0.25) is 4.79 Å². The third-order valence-corrected chi connectivity index (χ3v) is 7.69. The van der Waals surface area contributed by atoms with Crippen LogP contribution in [0.4, 0.5) is 5.69 Å². The van der Waals surface area contributed by atoms with Crippen molar-refractivity contribution in [1.29, 1.82) is 0 Å². The Balaban J connectivity index is 1.68. The second kappa shape index (κ2) is 8.41. The summed E-state index contributed by atoms with van der Waals surface area (Å²) >= 11 is 12.1. The molecule has 0 saturated carbocycles. The Kier molecular flexibility index (Phi) is 6.34. The smallest absolute Gasteiger partial charge is 0.246 e. The molecule has 0 bridgehead atoms. The van der Waals surface area contributed by atoms with Crippen molar-refractivity contribution in [2.75, 3.05) is 18.4 Å². The molecule has 0 unspecified atom stereocenters. The molecule has 3 rings (SSSR count). The van der Waals surface area contributed by atoms with Gasteiger partial charge in [0, 0.05) is 24.7 Å². The van der Waals surface area contributed by atoms with Crippen LogP contribution in [-0.2, 0) is 14.8 Å². The number of carbonyl (C=O) groups is 1. The highest BCUT2D eigenvalue weighted by molar-refractivity contribution is 7.89. The van der Waals surface area contributed by atoms with Crippen molar-refractivity contribution >= 4 is 44.8 Å². The standard InChI is InChI=1S/C20H22Cl2N2O3S/c1-13-10-14(2)12-16(11-13)23-20(25)15-6-8-24(9-7-15)28(26,27)19-17(21)4-3-5-18(19)22/h3-5,10-12,15H,6-9H2,1-2H3,(H,23,25). The summed E-state index contributed by atoms with van der Waals surface area (Å²) in [4.78, 5) is 12.5. The monoisotopic (exact) mass is 440 g/mol. The van der Waals surface area contributed by atoms with E-state index in [1.54, 1.807) is 6.07 Å². The van der Waals surface area contributed by atoms with E-state index in [0.717, 1.165) is 16.8 Å². The van der Waals surface area contributed by atoms with Crippen LogP contribution in [0.25, 0.3) is 0 Å². The van der Waals surface area contributed by atoms with E-state index in [1.165, 1.54) is 16.4 Å². The summed E-state index contributed by atoms with van der Waals surface area (Å²) in [5.41, 5.74) is 2.92. The van der Waals surface area contributed by atoms with Crippen LogP contribution in [-0.4, -0.2) is 31.7 Å². The summed E-state index contributed by atoms with van der Waals surface area (Å²) in [6.45, 7) is 4.45. The number of benzene rings is 2. The molecule has 1 fully saturated rings. The van der Waals surface area contributed by atoms with E-state index < -0.39 is 10.0 Å². The highest BCUT2D eigenvalue weighted by atomic mass is 35.5. The van der Waals surface area contributed by atoms with Crippen molar-refractivity contribution in [3.05, 3.63) is 57.6 Å². The number of piperidine rings is 1. The van der Waals surface area contributed by atoms with E-state index >= 15 is 0 Å². The fourth-order valence-electron chi connectivity index (χ4n) is 3.51. The highest BCUT2D eigenvalue weighted by Gasteiger charge is 2.34. The first kappa shape index (κ1) is 21.1. The lowest BCUT2D eigenvalue weighted by Gasteiger charge is -2.31. The molecule has 5 nitrogen and oxygen atoms in total. The number of nitrogens with one attached hydrogen (secondary N) is 1. The Morgan fingerprint density at radius 1 is 1.04 bits per heavy atom. The first-order valence-electron chi connectivity index (χ1n) is 9.02. The van der Waals surface area contributed by atoms with Gasteiger partial charge in [-0.1, -0.05) is 35.3 Å². The van der Waals surface area contributed by atoms with E-state index in [4.69, 9.17) is 23.2 Å². The van der Waals surface area contributed by atoms with Gasteiger partial charge in [-0.15, -0.1) is 0 Å². The molecule has 1 saturated heterocycles. The summed E-state index contributed by atoms with van der Waals surface area (Å²) in [5, 5.41) is 3.15. The summed E-state index contributed by atoms with van der Waals surface area (Å²) < 4.78 is 27.2. The van der Waals surface area contributed by atoms with Gasteiger partial charge in [-0.2, -0.15) is 4.31 Å². The van der Waals surface area contributed by atoms with Crippen LogP contribution in [0, 0.1) is 19.8 Å². The number of hydrogen-bond donors (Lipinski definition) is 1. The van der Waals surface area contributed by atoms with Gasteiger partial charge in [-0.05, 0) is 62.1 Å². The van der Waals surface area contributed by atoms with Crippen LogP contribution < -0.4 is 5.32 Å². The molecular formula is C20H22Cl2N2O3S. The molecule has 150 valence electrons. The van der Waals surface area contributed by atoms with Crippen LogP contribution in [0.2, 0.25) is 10.0 Å². The molecule has 0 aromatic heterocycles. The predicted molar refractivity (Wildman–Crippen MR) is 112 cm³/mol. The topological polar surface area (TPSA) is 66.5 Å². The van der Waals surface area contributed by atoms with E-state index in [2.05, 4.69) is 5.32 Å². The summed E-state index contributed by atoms with van der Waals surface area (Å²) in [7, 11) is -3.80. The van der Waals surface area contributed by atoms with Crippen LogP contribution in [0.1, 0.15) is 24.0 Å². The van der Waals surface area contributed by atoms with Crippen molar-refractivity contribution in [1.82, 2.24) is 4.31 Å². The maximum atomic E-state index is 12.9. The molecule has 1 aliphatic heterocycles. The Morgan fingerprint density at radius 3 is 2.11 bits per heavy atom. The lowest BCUT2D eigenvalue weighted by molar-refractivity contribution is -0.120. The maximum absolute atomic E-state index is 12.9. The minimum Gasteiger partial charge on any atom is -0.326 e. The molecule has 0 radical (unpaired) electrons. The summed E-state index contributed by atoms with van der Waals surface area (Å²) in [6.07, 6.45) is 0.885. The normalized spacial score (nSPS) is 16.1. The summed E-state index contributed by atoms with van der Waals surface area (Å²) in [6, 6.07) is 10.5. The molecule has 2 aromatic carbocycles. The zero-order valence-electron chi connectivity index (χ0n) is 15.7. The molecule has 8 heteroatoms. The molecule has 2 aromatic rings. The molecule has 1 heterocycles.